The fourth-order valence-corrected chi connectivity index (χ4v) is 3.03. The second-order valence-corrected chi connectivity index (χ2v) is 6.46. The second-order valence-electron chi connectivity index (χ2n) is 6.46. The van der Waals surface area contributed by atoms with Gasteiger partial charge >= 0.3 is 5.97 Å². The maximum Gasteiger partial charge on any atom is 0.341 e. The zero-order valence-electron chi connectivity index (χ0n) is 16.0. The summed E-state index contributed by atoms with van der Waals surface area (Å²) in [5, 5.41) is 0. The molecule has 0 saturated carbocycles. The summed E-state index contributed by atoms with van der Waals surface area (Å²) in [5.41, 5.74) is 2.38. The van der Waals surface area contributed by atoms with Crippen molar-refractivity contribution in [2.75, 3.05) is 6.61 Å². The fourth-order valence-electron chi connectivity index (χ4n) is 3.03. The molecule has 0 bridgehead atoms. The first-order valence-corrected chi connectivity index (χ1v) is 9.31. The van der Waals surface area contributed by atoms with E-state index in [-0.39, 0.29) is 12.2 Å². The number of pyridine rings is 2. The first kappa shape index (κ1) is 19.6. The number of hydrogen-bond acceptors (Lipinski definition) is 6. The zero-order valence-corrected chi connectivity index (χ0v) is 16.0. The van der Waals surface area contributed by atoms with Crippen LogP contribution in [0.3, 0.4) is 0 Å². The molecule has 0 unspecified atom stereocenters. The van der Waals surface area contributed by atoms with Crippen LogP contribution in [-0.2, 0) is 17.6 Å². The van der Waals surface area contributed by atoms with E-state index in [4.69, 9.17) is 4.74 Å². The number of fused-ring (bicyclic) bond motifs is 1. The molecule has 0 aliphatic carbocycles. The molecule has 30 heavy (non-hydrogen) atoms. The fraction of sp³-hybridized carbons (Fsp3) is 0.190. The van der Waals surface area contributed by atoms with Crippen LogP contribution in [0.25, 0.3) is 17.2 Å². The van der Waals surface area contributed by atoms with Gasteiger partial charge < -0.3 is 4.74 Å². The van der Waals surface area contributed by atoms with Gasteiger partial charge in [0, 0.05) is 18.1 Å². The van der Waals surface area contributed by atoms with E-state index in [1.807, 2.05) is 0 Å². The van der Waals surface area contributed by atoms with E-state index < -0.39 is 17.6 Å². The van der Waals surface area contributed by atoms with Crippen molar-refractivity contribution in [3.8, 4) is 11.5 Å². The summed E-state index contributed by atoms with van der Waals surface area (Å²) in [4.78, 5) is 29.4. The van der Waals surface area contributed by atoms with Crippen molar-refractivity contribution in [1.82, 2.24) is 24.3 Å². The molecule has 0 saturated heterocycles. The molecule has 0 fully saturated rings. The number of aryl methyl sites for hydroxylation is 2. The lowest BCUT2D eigenvalue weighted by Crippen LogP contribution is -2.12. The molecule has 0 radical (unpaired) electrons. The molecule has 0 aromatic carbocycles. The van der Waals surface area contributed by atoms with Crippen LogP contribution in [-0.4, -0.2) is 36.9 Å². The molecule has 9 heteroatoms. The Labute approximate surface area is 170 Å². The number of hydrogen-bond donors (Lipinski definition) is 0. The van der Waals surface area contributed by atoms with Gasteiger partial charge in [0.15, 0.2) is 5.82 Å². The van der Waals surface area contributed by atoms with Gasteiger partial charge in [-0.15, -0.1) is 0 Å². The number of carbonyl (C=O) groups is 1. The zero-order chi connectivity index (χ0) is 21.1. The number of rotatable bonds is 6. The summed E-state index contributed by atoms with van der Waals surface area (Å²) in [5.74, 6) is -1.08. The Morgan fingerprint density at radius 1 is 1.00 bits per heavy atom. The smallest absolute Gasteiger partial charge is 0.341 e. The monoisotopic (exact) mass is 409 g/mol. The molecular weight excluding hydrogens is 392 g/mol. The topological polar surface area (TPSA) is 82.3 Å². The van der Waals surface area contributed by atoms with Crippen molar-refractivity contribution in [3.05, 3.63) is 77.6 Å². The van der Waals surface area contributed by atoms with Crippen molar-refractivity contribution in [1.29, 1.82) is 0 Å². The highest BCUT2D eigenvalue weighted by molar-refractivity contribution is 5.90. The highest BCUT2D eigenvalue weighted by Gasteiger charge is 2.18. The number of carbonyl (C=O) groups excluding carboxylic acids is 1. The summed E-state index contributed by atoms with van der Waals surface area (Å²) >= 11 is 0. The van der Waals surface area contributed by atoms with Crippen LogP contribution < -0.4 is 0 Å². The summed E-state index contributed by atoms with van der Waals surface area (Å²) in [7, 11) is 0. The number of aromatic nitrogens is 5. The first-order chi connectivity index (χ1) is 14.5. The molecule has 4 aromatic heterocycles. The lowest BCUT2D eigenvalue weighted by molar-refractivity contribution is 0.0524. The van der Waals surface area contributed by atoms with Crippen molar-refractivity contribution in [3.63, 3.8) is 0 Å². The quantitative estimate of drug-likeness (QED) is 0.454. The van der Waals surface area contributed by atoms with Crippen LogP contribution in [0, 0.1) is 11.6 Å². The average molecular weight is 409 g/mol. The maximum atomic E-state index is 13.7. The molecule has 4 aromatic rings. The number of halogens is 2. The molecule has 0 aliphatic heterocycles. The predicted molar refractivity (Wildman–Crippen MR) is 104 cm³/mol. The standard InChI is InChI=1S/C21H17F2N5O2/c1-2-30-21(29)16-10-26-20(18-11-25-19-8-4-14(23)12-28(18)19)27-17(16)7-6-15-5-3-13(22)9-24-15/h3-5,8-12H,2,6-7H2,1H3. The van der Waals surface area contributed by atoms with Gasteiger partial charge in [-0.05, 0) is 44.0 Å². The summed E-state index contributed by atoms with van der Waals surface area (Å²) in [6.45, 7) is 1.92. The number of nitrogens with zero attached hydrogens (tertiary/aromatic N) is 5. The van der Waals surface area contributed by atoms with E-state index in [0.29, 0.717) is 41.4 Å². The van der Waals surface area contributed by atoms with Crippen LogP contribution in [0.1, 0.15) is 28.7 Å². The van der Waals surface area contributed by atoms with E-state index in [9.17, 15) is 13.6 Å². The molecule has 4 heterocycles. The molecule has 0 spiro atoms. The van der Waals surface area contributed by atoms with Gasteiger partial charge in [-0.25, -0.2) is 28.5 Å². The van der Waals surface area contributed by atoms with E-state index >= 15 is 0 Å². The largest absolute Gasteiger partial charge is 0.462 e. The minimum Gasteiger partial charge on any atom is -0.462 e. The van der Waals surface area contributed by atoms with Crippen molar-refractivity contribution in [2.24, 2.45) is 0 Å². The van der Waals surface area contributed by atoms with Crippen LogP contribution in [0.4, 0.5) is 8.78 Å². The Morgan fingerprint density at radius 3 is 2.60 bits per heavy atom. The molecule has 0 atom stereocenters. The van der Waals surface area contributed by atoms with Gasteiger partial charge in [0.25, 0.3) is 0 Å². The van der Waals surface area contributed by atoms with Gasteiger partial charge in [0.1, 0.15) is 23.0 Å². The van der Waals surface area contributed by atoms with Gasteiger partial charge in [-0.1, -0.05) is 0 Å². The van der Waals surface area contributed by atoms with E-state index in [1.165, 1.54) is 24.5 Å². The third kappa shape index (κ3) is 4.00. The highest BCUT2D eigenvalue weighted by atomic mass is 19.1. The number of ether oxygens (including phenoxy) is 1. The average Bonchev–Trinajstić information content (AvgIpc) is 3.16. The minimum absolute atomic E-state index is 0.214. The number of imidazole rings is 1. The van der Waals surface area contributed by atoms with E-state index in [0.717, 1.165) is 6.20 Å². The molecule has 7 nitrogen and oxygen atoms in total. The van der Waals surface area contributed by atoms with Crippen LogP contribution in [0.15, 0.2) is 49.1 Å². The molecule has 0 amide bonds. The van der Waals surface area contributed by atoms with Crippen LogP contribution in [0.2, 0.25) is 0 Å². The van der Waals surface area contributed by atoms with Gasteiger partial charge in [0.2, 0.25) is 0 Å². The van der Waals surface area contributed by atoms with E-state index in [2.05, 4.69) is 19.9 Å². The Balaban J connectivity index is 1.72. The molecule has 0 N–H and O–H groups in total. The summed E-state index contributed by atoms with van der Waals surface area (Å²) in [6.07, 6.45) is 6.16. The number of esters is 1. The van der Waals surface area contributed by atoms with E-state index in [1.54, 1.807) is 29.7 Å². The van der Waals surface area contributed by atoms with Crippen molar-refractivity contribution < 1.29 is 18.3 Å². The third-order valence-electron chi connectivity index (χ3n) is 4.47. The predicted octanol–water partition coefficient (Wildman–Crippen LogP) is 3.43. The molecule has 0 aliphatic rings. The summed E-state index contributed by atoms with van der Waals surface area (Å²) in [6, 6.07) is 5.77. The Hall–Kier alpha value is -3.75. The Morgan fingerprint density at radius 2 is 1.83 bits per heavy atom. The summed E-state index contributed by atoms with van der Waals surface area (Å²) < 4.78 is 33.4. The SMILES string of the molecule is CCOC(=O)c1cnc(-c2cnc3ccc(F)cn23)nc1CCc1ccc(F)cn1. The van der Waals surface area contributed by atoms with Gasteiger partial charge in [-0.2, -0.15) is 0 Å². The molecule has 152 valence electrons. The van der Waals surface area contributed by atoms with Crippen LogP contribution >= 0.6 is 0 Å². The van der Waals surface area contributed by atoms with Crippen molar-refractivity contribution in [2.45, 2.75) is 19.8 Å². The normalized spacial score (nSPS) is 11.0. The highest BCUT2D eigenvalue weighted by Crippen LogP contribution is 2.20. The Bertz CT molecular complexity index is 1210. The van der Waals surface area contributed by atoms with Crippen LogP contribution in [0.5, 0.6) is 0 Å². The maximum absolute atomic E-state index is 13.7. The van der Waals surface area contributed by atoms with Crippen molar-refractivity contribution >= 4 is 11.6 Å². The lowest BCUT2D eigenvalue weighted by Gasteiger charge is -2.10. The molecule has 4 rings (SSSR count). The second kappa shape index (κ2) is 8.32. The molecular formula is C21H17F2N5O2. The Kier molecular flexibility index (Phi) is 5.42. The van der Waals surface area contributed by atoms with Gasteiger partial charge in [0.05, 0.1) is 30.3 Å². The van der Waals surface area contributed by atoms with Gasteiger partial charge in [-0.3, -0.25) is 9.38 Å². The first-order valence-electron chi connectivity index (χ1n) is 9.31. The lowest BCUT2D eigenvalue weighted by atomic mass is 10.1. The minimum atomic E-state index is -0.532. The third-order valence-corrected chi connectivity index (χ3v) is 4.47.